The van der Waals surface area contributed by atoms with Crippen molar-refractivity contribution < 1.29 is 17.9 Å². The second-order valence-corrected chi connectivity index (χ2v) is 10.0. The number of hydrogen-bond donors (Lipinski definition) is 0. The summed E-state index contributed by atoms with van der Waals surface area (Å²) in [6.07, 6.45) is 1.35. The molecular formula is C22H25N3O4S. The number of aryl methyl sites for hydroxylation is 2. The third-order valence-corrected chi connectivity index (χ3v) is 7.58. The summed E-state index contributed by atoms with van der Waals surface area (Å²) < 4.78 is 30.8. The van der Waals surface area contributed by atoms with Gasteiger partial charge >= 0.3 is 5.97 Å². The van der Waals surface area contributed by atoms with Gasteiger partial charge in [-0.2, -0.15) is 5.10 Å². The van der Waals surface area contributed by atoms with Crippen LogP contribution in [0.5, 0.6) is 0 Å². The van der Waals surface area contributed by atoms with Crippen LogP contribution in [0.2, 0.25) is 0 Å². The quantitative estimate of drug-likeness (QED) is 0.581. The van der Waals surface area contributed by atoms with E-state index >= 15 is 0 Å². The zero-order valence-corrected chi connectivity index (χ0v) is 18.2. The number of sulfone groups is 1. The van der Waals surface area contributed by atoms with Crippen molar-refractivity contribution in [3.8, 4) is 11.3 Å². The van der Waals surface area contributed by atoms with Crippen LogP contribution in [0.1, 0.15) is 35.7 Å². The molecule has 0 spiro atoms. The Morgan fingerprint density at radius 3 is 2.60 bits per heavy atom. The second kappa shape index (κ2) is 7.83. The maximum absolute atomic E-state index is 12.1. The standard InChI is InChI=1S/C22H25N3O4S/c1-14-18(9-10-19(26)29-3)15(2)23-22-20(14)21(16-7-5-4-6-8-16)24-25(22)17-11-12-30(27,28)13-17/h4-8,17H,9-13H2,1-3H3. The highest BCUT2D eigenvalue weighted by Crippen LogP contribution is 2.36. The van der Waals surface area contributed by atoms with Crippen molar-refractivity contribution in [3.05, 3.63) is 47.2 Å². The zero-order valence-electron chi connectivity index (χ0n) is 17.4. The van der Waals surface area contributed by atoms with Crippen LogP contribution in [0.15, 0.2) is 30.3 Å². The zero-order chi connectivity index (χ0) is 21.5. The number of rotatable bonds is 5. The Balaban J connectivity index is 1.91. The molecule has 1 atom stereocenters. The number of hydrogen-bond acceptors (Lipinski definition) is 6. The molecule has 1 aromatic carbocycles. The molecule has 1 unspecified atom stereocenters. The van der Waals surface area contributed by atoms with E-state index in [-0.39, 0.29) is 29.9 Å². The van der Waals surface area contributed by atoms with Crippen LogP contribution in [-0.2, 0) is 25.8 Å². The molecule has 2 aromatic heterocycles. The Bertz CT molecular complexity index is 1220. The van der Waals surface area contributed by atoms with E-state index in [1.807, 2.05) is 44.2 Å². The molecule has 1 aliphatic heterocycles. The van der Waals surface area contributed by atoms with Crippen LogP contribution in [-0.4, -0.2) is 47.8 Å². The minimum atomic E-state index is -3.06. The van der Waals surface area contributed by atoms with E-state index in [9.17, 15) is 13.2 Å². The number of methoxy groups -OCH3 is 1. The Labute approximate surface area is 176 Å². The molecule has 0 bridgehead atoms. The molecule has 30 heavy (non-hydrogen) atoms. The SMILES string of the molecule is COC(=O)CCc1c(C)nc2c(c(-c3ccccc3)nn2C2CCS(=O)(=O)C2)c1C. The van der Waals surface area contributed by atoms with Gasteiger partial charge in [0.2, 0.25) is 0 Å². The molecule has 0 radical (unpaired) electrons. The lowest BCUT2D eigenvalue weighted by molar-refractivity contribution is -0.140. The van der Waals surface area contributed by atoms with Gasteiger partial charge in [0, 0.05) is 17.7 Å². The predicted octanol–water partition coefficient (Wildman–Crippen LogP) is 3.18. The van der Waals surface area contributed by atoms with Gasteiger partial charge in [-0.05, 0) is 37.8 Å². The first-order chi connectivity index (χ1) is 14.3. The lowest BCUT2D eigenvalue weighted by Gasteiger charge is -2.13. The van der Waals surface area contributed by atoms with Crippen LogP contribution in [0.25, 0.3) is 22.3 Å². The summed E-state index contributed by atoms with van der Waals surface area (Å²) in [6, 6.07) is 9.62. The number of benzene rings is 1. The fourth-order valence-corrected chi connectivity index (χ4v) is 5.94. The molecular weight excluding hydrogens is 402 g/mol. The number of aromatic nitrogens is 3. The number of esters is 1. The van der Waals surface area contributed by atoms with Gasteiger partial charge in [-0.1, -0.05) is 30.3 Å². The first-order valence-electron chi connectivity index (χ1n) is 10.0. The first-order valence-corrected chi connectivity index (χ1v) is 11.8. The molecule has 1 fully saturated rings. The third-order valence-electron chi connectivity index (χ3n) is 5.83. The number of pyridine rings is 1. The summed E-state index contributed by atoms with van der Waals surface area (Å²) in [7, 11) is -1.67. The summed E-state index contributed by atoms with van der Waals surface area (Å²) in [6.45, 7) is 3.94. The average Bonchev–Trinajstić information content (AvgIpc) is 3.28. The Morgan fingerprint density at radius 1 is 1.23 bits per heavy atom. The van der Waals surface area contributed by atoms with Crippen LogP contribution >= 0.6 is 0 Å². The van der Waals surface area contributed by atoms with Crippen molar-refractivity contribution in [1.29, 1.82) is 0 Å². The van der Waals surface area contributed by atoms with Crippen molar-refractivity contribution in [3.63, 3.8) is 0 Å². The first kappa shape index (κ1) is 20.5. The van der Waals surface area contributed by atoms with E-state index in [1.54, 1.807) is 4.68 Å². The highest BCUT2D eigenvalue weighted by atomic mass is 32.2. The number of carbonyl (C=O) groups excluding carboxylic acids is 1. The molecule has 7 nitrogen and oxygen atoms in total. The lowest BCUT2D eigenvalue weighted by atomic mass is 9.97. The van der Waals surface area contributed by atoms with Gasteiger partial charge in [0.05, 0.1) is 30.0 Å². The third kappa shape index (κ3) is 3.71. The monoisotopic (exact) mass is 427 g/mol. The largest absolute Gasteiger partial charge is 0.469 e. The second-order valence-electron chi connectivity index (χ2n) is 7.79. The van der Waals surface area contributed by atoms with Crippen molar-refractivity contribution in [2.24, 2.45) is 0 Å². The Morgan fingerprint density at radius 2 is 1.97 bits per heavy atom. The maximum Gasteiger partial charge on any atom is 0.305 e. The van der Waals surface area contributed by atoms with Crippen LogP contribution in [0.3, 0.4) is 0 Å². The summed E-state index contributed by atoms with van der Waals surface area (Å²) in [5, 5.41) is 5.77. The van der Waals surface area contributed by atoms with Gasteiger partial charge in [-0.3, -0.25) is 4.79 Å². The molecule has 158 valence electrons. The van der Waals surface area contributed by atoms with Crippen molar-refractivity contribution in [2.45, 2.75) is 39.2 Å². The van der Waals surface area contributed by atoms with Gasteiger partial charge in [0.15, 0.2) is 15.5 Å². The van der Waals surface area contributed by atoms with Crippen molar-refractivity contribution >= 4 is 26.8 Å². The fourth-order valence-electron chi connectivity index (χ4n) is 4.25. The lowest BCUT2D eigenvalue weighted by Crippen LogP contribution is -2.13. The minimum absolute atomic E-state index is 0.0852. The highest BCUT2D eigenvalue weighted by Gasteiger charge is 2.32. The molecule has 0 aliphatic carbocycles. The minimum Gasteiger partial charge on any atom is -0.469 e. The predicted molar refractivity (Wildman–Crippen MR) is 115 cm³/mol. The van der Waals surface area contributed by atoms with Gasteiger partial charge in [0.25, 0.3) is 0 Å². The smallest absolute Gasteiger partial charge is 0.305 e. The molecule has 8 heteroatoms. The summed E-state index contributed by atoms with van der Waals surface area (Å²) in [5.41, 5.74) is 5.29. The maximum atomic E-state index is 12.1. The van der Waals surface area contributed by atoms with Crippen LogP contribution < -0.4 is 0 Å². The van der Waals surface area contributed by atoms with E-state index in [0.717, 1.165) is 33.5 Å². The van der Waals surface area contributed by atoms with Crippen LogP contribution in [0.4, 0.5) is 0 Å². The number of nitrogens with zero attached hydrogens (tertiary/aromatic N) is 3. The van der Waals surface area contributed by atoms with E-state index in [0.29, 0.717) is 18.5 Å². The number of carbonyl (C=O) groups is 1. The summed E-state index contributed by atoms with van der Waals surface area (Å²) in [4.78, 5) is 16.5. The molecule has 0 saturated carbocycles. The Hall–Kier alpha value is -2.74. The van der Waals surface area contributed by atoms with Gasteiger partial charge in [-0.15, -0.1) is 0 Å². The number of fused-ring (bicyclic) bond motifs is 1. The summed E-state index contributed by atoms with van der Waals surface area (Å²) in [5.74, 6) is 0.000508. The molecule has 4 rings (SSSR count). The van der Waals surface area contributed by atoms with Crippen molar-refractivity contribution in [2.75, 3.05) is 18.6 Å². The van der Waals surface area contributed by atoms with E-state index in [1.165, 1.54) is 7.11 Å². The molecule has 3 aromatic rings. The average molecular weight is 428 g/mol. The van der Waals surface area contributed by atoms with E-state index in [4.69, 9.17) is 14.8 Å². The highest BCUT2D eigenvalue weighted by molar-refractivity contribution is 7.91. The fraction of sp³-hybridized carbons (Fsp3) is 0.409. The van der Waals surface area contributed by atoms with Gasteiger partial charge in [-0.25, -0.2) is 18.1 Å². The molecule has 1 aliphatic rings. The Kier molecular flexibility index (Phi) is 5.36. The number of ether oxygens (including phenoxy) is 1. The summed E-state index contributed by atoms with van der Waals surface area (Å²) >= 11 is 0. The van der Waals surface area contributed by atoms with Crippen LogP contribution in [0, 0.1) is 13.8 Å². The topological polar surface area (TPSA) is 91.2 Å². The molecule has 0 amide bonds. The van der Waals surface area contributed by atoms with Gasteiger partial charge < -0.3 is 4.74 Å². The van der Waals surface area contributed by atoms with Crippen molar-refractivity contribution in [1.82, 2.24) is 14.8 Å². The molecule has 3 heterocycles. The van der Waals surface area contributed by atoms with E-state index in [2.05, 4.69) is 0 Å². The molecule has 0 N–H and O–H groups in total. The normalized spacial score (nSPS) is 18.0. The molecule has 1 saturated heterocycles. The van der Waals surface area contributed by atoms with Gasteiger partial charge in [0.1, 0.15) is 5.69 Å². The van der Waals surface area contributed by atoms with E-state index < -0.39 is 9.84 Å².